The Balaban J connectivity index is 2.40. The van der Waals surface area contributed by atoms with Crippen molar-refractivity contribution in [2.75, 3.05) is 0 Å². The predicted molar refractivity (Wildman–Crippen MR) is 116 cm³/mol. The minimum absolute atomic E-state index is 0.0727. The van der Waals surface area contributed by atoms with Gasteiger partial charge in [-0.25, -0.2) is 28.1 Å². The van der Waals surface area contributed by atoms with Gasteiger partial charge in [-0.05, 0) is 17.9 Å². The van der Waals surface area contributed by atoms with Crippen LogP contribution in [0.5, 0.6) is 0 Å². The molecule has 0 unspecified atom stereocenters. The summed E-state index contributed by atoms with van der Waals surface area (Å²) < 4.78 is 2.50. The number of carbonyl (C=O) groups is 1. The number of hydrogen-bond donors (Lipinski definition) is 1. The Hall–Kier alpha value is -3.42. The van der Waals surface area contributed by atoms with Crippen LogP contribution in [0.15, 0.2) is 70.0 Å². The van der Waals surface area contributed by atoms with Gasteiger partial charge in [-0.3, -0.25) is 4.79 Å². The lowest BCUT2D eigenvalue weighted by molar-refractivity contribution is -0.122. The van der Waals surface area contributed by atoms with E-state index in [4.69, 9.17) is 0 Å². The number of aromatic nitrogens is 3. The van der Waals surface area contributed by atoms with Crippen LogP contribution >= 0.6 is 0 Å². The van der Waals surface area contributed by atoms with E-state index in [0.29, 0.717) is 12.3 Å². The number of amides is 1. The van der Waals surface area contributed by atoms with E-state index < -0.39 is 29.5 Å². The fraction of sp³-hybridized carbons (Fsp3) is 0.364. The van der Waals surface area contributed by atoms with Gasteiger partial charge in [-0.15, -0.1) is 13.2 Å². The second-order valence-corrected chi connectivity index (χ2v) is 7.39. The van der Waals surface area contributed by atoms with Crippen molar-refractivity contribution >= 4 is 5.91 Å². The minimum Gasteiger partial charge on any atom is -0.348 e. The molecule has 0 radical (unpaired) electrons. The number of allylic oxidation sites excluding steroid dienone is 2. The van der Waals surface area contributed by atoms with Gasteiger partial charge < -0.3 is 5.32 Å². The largest absolute Gasteiger partial charge is 0.348 e. The Morgan fingerprint density at radius 1 is 0.933 bits per heavy atom. The molecule has 2 aromatic rings. The summed E-state index contributed by atoms with van der Waals surface area (Å²) in [5, 5.41) is 2.91. The van der Waals surface area contributed by atoms with E-state index in [1.807, 2.05) is 44.2 Å². The number of carbonyl (C=O) groups excluding carboxylic acids is 1. The summed E-state index contributed by atoms with van der Waals surface area (Å²) in [6.45, 7) is 10.5. The highest BCUT2D eigenvalue weighted by Gasteiger charge is 2.20. The Morgan fingerprint density at radius 3 is 1.90 bits per heavy atom. The van der Waals surface area contributed by atoms with E-state index in [-0.39, 0.29) is 19.1 Å². The lowest BCUT2D eigenvalue weighted by Crippen LogP contribution is -2.55. The summed E-state index contributed by atoms with van der Waals surface area (Å²) in [4.78, 5) is 50.6. The lowest BCUT2D eigenvalue weighted by Gasteiger charge is -2.21. The summed E-state index contributed by atoms with van der Waals surface area (Å²) in [6, 6.07) is 9.24. The molecule has 2 rings (SSSR count). The molecule has 0 spiro atoms. The first-order valence-electron chi connectivity index (χ1n) is 9.80. The number of hydrogen-bond acceptors (Lipinski definition) is 4. The van der Waals surface area contributed by atoms with Crippen molar-refractivity contribution in [2.24, 2.45) is 5.92 Å². The zero-order chi connectivity index (χ0) is 22.3. The highest BCUT2D eigenvalue weighted by molar-refractivity contribution is 5.76. The van der Waals surface area contributed by atoms with Crippen LogP contribution in [0.25, 0.3) is 0 Å². The van der Waals surface area contributed by atoms with Crippen molar-refractivity contribution in [3.63, 3.8) is 0 Å². The number of nitrogens with one attached hydrogen (secondary N) is 1. The van der Waals surface area contributed by atoms with Crippen LogP contribution in [0.4, 0.5) is 0 Å². The summed E-state index contributed by atoms with van der Waals surface area (Å²) in [5.74, 6) is -0.171. The van der Waals surface area contributed by atoms with Crippen molar-refractivity contribution in [1.29, 1.82) is 0 Å². The van der Waals surface area contributed by atoms with Crippen LogP contribution in [0.3, 0.4) is 0 Å². The van der Waals surface area contributed by atoms with Gasteiger partial charge in [0.25, 0.3) is 0 Å². The molecule has 1 aromatic heterocycles. The molecule has 160 valence electrons. The first kappa shape index (κ1) is 22.9. The van der Waals surface area contributed by atoms with Crippen LogP contribution in [0.2, 0.25) is 0 Å². The number of nitrogens with zero attached hydrogens (tertiary/aromatic N) is 3. The first-order valence-corrected chi connectivity index (χ1v) is 9.80. The molecule has 0 fully saturated rings. The fourth-order valence-electron chi connectivity index (χ4n) is 3.21. The monoisotopic (exact) mass is 412 g/mol. The van der Waals surface area contributed by atoms with E-state index in [9.17, 15) is 19.2 Å². The summed E-state index contributed by atoms with van der Waals surface area (Å²) >= 11 is 0. The third-order valence-corrected chi connectivity index (χ3v) is 4.55. The maximum absolute atomic E-state index is 12.8. The smallest absolute Gasteiger partial charge is 0.337 e. The van der Waals surface area contributed by atoms with Crippen LogP contribution in [-0.4, -0.2) is 19.6 Å². The summed E-state index contributed by atoms with van der Waals surface area (Å²) in [7, 11) is 0. The molecule has 0 aliphatic rings. The van der Waals surface area contributed by atoms with Crippen molar-refractivity contribution in [2.45, 2.75) is 45.9 Å². The van der Waals surface area contributed by atoms with Gasteiger partial charge in [-0.2, -0.15) is 0 Å². The zero-order valence-corrected chi connectivity index (χ0v) is 17.4. The average Bonchev–Trinajstić information content (AvgIpc) is 2.71. The number of benzene rings is 1. The predicted octanol–water partition coefficient (Wildman–Crippen LogP) is 1.45. The Morgan fingerprint density at radius 2 is 1.43 bits per heavy atom. The summed E-state index contributed by atoms with van der Waals surface area (Å²) in [5.41, 5.74) is -1.52. The Labute approximate surface area is 174 Å². The van der Waals surface area contributed by atoms with Gasteiger partial charge in [0.15, 0.2) is 0 Å². The van der Waals surface area contributed by atoms with Gasteiger partial charge in [-0.1, -0.05) is 56.3 Å². The third-order valence-electron chi connectivity index (χ3n) is 4.55. The zero-order valence-electron chi connectivity index (χ0n) is 17.4. The van der Waals surface area contributed by atoms with E-state index in [1.54, 1.807) is 0 Å². The van der Waals surface area contributed by atoms with Gasteiger partial charge in [0.05, 0.1) is 19.1 Å². The van der Waals surface area contributed by atoms with Crippen molar-refractivity contribution in [1.82, 2.24) is 19.0 Å². The molecule has 1 amide bonds. The van der Waals surface area contributed by atoms with Crippen molar-refractivity contribution in [3.05, 3.63) is 92.7 Å². The number of rotatable bonds is 10. The highest BCUT2D eigenvalue weighted by Crippen LogP contribution is 2.20. The molecule has 0 aliphatic carbocycles. The fourth-order valence-corrected chi connectivity index (χ4v) is 3.21. The molecular weight excluding hydrogens is 384 g/mol. The van der Waals surface area contributed by atoms with Gasteiger partial charge in [0, 0.05) is 0 Å². The highest BCUT2D eigenvalue weighted by atomic mass is 16.2. The standard InChI is InChI=1S/C22H28N4O4/c1-5-12-24-20(28)25(13-6-2)22(30)26(21(24)29)15-19(27)23-18(14-16(3)4)17-10-8-7-9-11-17/h5-11,16,18H,1-2,12-15H2,3-4H3,(H,23,27)/t18-/m0/s1. The average molecular weight is 412 g/mol. The normalized spacial score (nSPS) is 11.8. The summed E-state index contributed by atoms with van der Waals surface area (Å²) in [6.07, 6.45) is 3.45. The second kappa shape index (κ2) is 10.4. The van der Waals surface area contributed by atoms with Crippen molar-refractivity contribution in [3.8, 4) is 0 Å². The first-order chi connectivity index (χ1) is 14.3. The molecule has 8 nitrogen and oxygen atoms in total. The lowest BCUT2D eigenvalue weighted by atomic mass is 9.97. The molecule has 0 aliphatic heterocycles. The molecule has 0 bridgehead atoms. The van der Waals surface area contributed by atoms with Crippen LogP contribution in [0, 0.1) is 5.92 Å². The molecule has 0 saturated heterocycles. The Kier molecular flexibility index (Phi) is 7.91. The van der Waals surface area contributed by atoms with Gasteiger partial charge in [0.1, 0.15) is 6.54 Å². The van der Waals surface area contributed by atoms with Gasteiger partial charge in [0.2, 0.25) is 5.91 Å². The van der Waals surface area contributed by atoms with Gasteiger partial charge >= 0.3 is 17.1 Å². The maximum Gasteiger partial charge on any atom is 0.337 e. The molecular formula is C22H28N4O4. The second-order valence-electron chi connectivity index (χ2n) is 7.39. The quantitative estimate of drug-likeness (QED) is 0.598. The molecule has 1 N–H and O–H groups in total. The van der Waals surface area contributed by atoms with E-state index in [1.165, 1.54) is 12.2 Å². The van der Waals surface area contributed by atoms with Crippen LogP contribution in [-0.2, 0) is 24.4 Å². The molecule has 1 aromatic carbocycles. The SMILES string of the molecule is C=CCn1c(=O)n(CC=C)c(=O)n(CC(=O)N[C@@H](CC(C)C)c2ccccc2)c1=O. The Bertz CT molecular complexity index is 1030. The van der Waals surface area contributed by atoms with Crippen LogP contribution in [0.1, 0.15) is 31.9 Å². The van der Waals surface area contributed by atoms with Crippen LogP contribution < -0.4 is 22.4 Å². The maximum atomic E-state index is 12.8. The third kappa shape index (κ3) is 5.34. The minimum atomic E-state index is -0.847. The molecule has 1 heterocycles. The van der Waals surface area contributed by atoms with E-state index in [2.05, 4.69) is 18.5 Å². The van der Waals surface area contributed by atoms with E-state index >= 15 is 0 Å². The van der Waals surface area contributed by atoms with E-state index in [0.717, 1.165) is 19.3 Å². The molecule has 30 heavy (non-hydrogen) atoms. The molecule has 8 heteroatoms. The topological polar surface area (TPSA) is 95.1 Å². The molecule has 0 saturated carbocycles. The molecule has 1 atom stereocenters. The van der Waals surface area contributed by atoms with Crippen molar-refractivity contribution < 1.29 is 4.79 Å².